The number of hydrogen-bond donors (Lipinski definition) is 1. The van der Waals surface area contributed by atoms with Crippen molar-refractivity contribution in [3.8, 4) is 0 Å². The molecule has 1 aliphatic heterocycles. The van der Waals surface area contributed by atoms with Gasteiger partial charge in [-0.15, -0.1) is 10.2 Å². The highest BCUT2D eigenvalue weighted by Gasteiger charge is 2.29. The number of fused-ring (bicyclic) bond motifs is 4. The Labute approximate surface area is 197 Å². The average molecular weight is 508 g/mol. The fraction of sp³-hybridized carbons (Fsp3) is 0.333. The number of halogens is 1. The van der Waals surface area contributed by atoms with Gasteiger partial charge in [-0.1, -0.05) is 22.4 Å². The van der Waals surface area contributed by atoms with E-state index in [0.29, 0.717) is 23.5 Å². The maximum atomic E-state index is 13.7. The summed E-state index contributed by atoms with van der Waals surface area (Å²) >= 11 is 3.51. The number of nitrogens with zero attached hydrogens (tertiary/aromatic N) is 4. The van der Waals surface area contributed by atoms with Crippen LogP contribution in [0.2, 0.25) is 0 Å². The summed E-state index contributed by atoms with van der Waals surface area (Å²) in [5.41, 5.74) is 4.69. The Morgan fingerprint density at radius 3 is 2.85 bits per heavy atom. The SMILES string of the molecule is COCc1cc2c(cc1C(=O)N1CCc3cc(Br)ccc31)[nH]c(=O)c1nnc(C3CCC3)n12. The Morgan fingerprint density at radius 2 is 2.09 bits per heavy atom. The Morgan fingerprint density at radius 1 is 1.24 bits per heavy atom. The van der Waals surface area contributed by atoms with Gasteiger partial charge in [-0.2, -0.15) is 0 Å². The molecule has 2 aliphatic rings. The number of nitrogens with one attached hydrogen (secondary N) is 1. The van der Waals surface area contributed by atoms with Gasteiger partial charge >= 0.3 is 0 Å². The first-order valence-electron chi connectivity index (χ1n) is 11.1. The van der Waals surface area contributed by atoms with E-state index in [-0.39, 0.29) is 23.7 Å². The van der Waals surface area contributed by atoms with E-state index in [1.165, 1.54) is 0 Å². The van der Waals surface area contributed by atoms with Crippen LogP contribution in [-0.4, -0.2) is 39.1 Å². The number of anilines is 1. The van der Waals surface area contributed by atoms with E-state index in [0.717, 1.165) is 58.3 Å². The largest absolute Gasteiger partial charge is 0.380 e. The third kappa shape index (κ3) is 3.21. The van der Waals surface area contributed by atoms with Gasteiger partial charge in [0.15, 0.2) is 0 Å². The molecule has 3 heterocycles. The molecule has 1 N–H and O–H groups in total. The normalized spacial score (nSPS) is 15.9. The monoisotopic (exact) mass is 507 g/mol. The standard InChI is InChI=1S/C24H22BrN5O3/c1-33-12-15-10-20-18(26-23(31)22-28-27-21(30(20)22)13-3-2-4-13)11-17(15)24(32)29-8-7-14-9-16(25)5-6-19(14)29/h5-6,9-11,13H,2-4,7-8,12H2,1H3,(H,26,31). The molecule has 2 aromatic carbocycles. The summed E-state index contributed by atoms with van der Waals surface area (Å²) in [6, 6.07) is 9.67. The van der Waals surface area contributed by atoms with Crippen LogP contribution in [0.3, 0.4) is 0 Å². The van der Waals surface area contributed by atoms with Gasteiger partial charge in [-0.3, -0.25) is 14.0 Å². The Hall–Kier alpha value is -3.04. The number of H-pyrrole nitrogens is 1. The van der Waals surface area contributed by atoms with Crippen molar-refractivity contribution in [1.82, 2.24) is 19.6 Å². The lowest BCUT2D eigenvalue weighted by atomic mass is 9.85. The van der Waals surface area contributed by atoms with Gasteiger partial charge in [-0.05, 0) is 60.7 Å². The van der Waals surface area contributed by atoms with Crippen molar-refractivity contribution in [2.75, 3.05) is 18.6 Å². The molecule has 6 rings (SSSR count). The molecule has 4 aromatic rings. The minimum Gasteiger partial charge on any atom is -0.380 e. The molecule has 0 spiro atoms. The molecular formula is C24H22BrN5O3. The molecular weight excluding hydrogens is 486 g/mol. The number of carbonyl (C=O) groups excluding carboxylic acids is 1. The summed E-state index contributed by atoms with van der Waals surface area (Å²) in [5.74, 6) is 1.01. The van der Waals surface area contributed by atoms with Crippen molar-refractivity contribution in [2.45, 2.75) is 38.2 Å². The Bertz CT molecular complexity index is 1490. The van der Waals surface area contributed by atoms with Crippen molar-refractivity contribution in [1.29, 1.82) is 0 Å². The second-order valence-electron chi connectivity index (χ2n) is 8.74. The van der Waals surface area contributed by atoms with Crippen LogP contribution < -0.4 is 10.5 Å². The zero-order chi connectivity index (χ0) is 22.7. The molecule has 0 atom stereocenters. The van der Waals surface area contributed by atoms with Crippen LogP contribution in [0.4, 0.5) is 5.69 Å². The number of hydrogen-bond acceptors (Lipinski definition) is 5. The third-order valence-corrected chi connectivity index (χ3v) is 7.28. The zero-order valence-corrected chi connectivity index (χ0v) is 19.7. The number of aromatic amines is 1. The average Bonchev–Trinajstić information content (AvgIpc) is 3.37. The molecule has 0 saturated heterocycles. The molecule has 0 bridgehead atoms. The van der Waals surface area contributed by atoms with E-state index in [1.54, 1.807) is 18.1 Å². The fourth-order valence-electron chi connectivity index (χ4n) is 4.91. The van der Waals surface area contributed by atoms with Gasteiger partial charge in [0, 0.05) is 35.3 Å². The van der Waals surface area contributed by atoms with Crippen LogP contribution in [0, 0.1) is 0 Å². The molecule has 9 heteroatoms. The molecule has 33 heavy (non-hydrogen) atoms. The van der Waals surface area contributed by atoms with Crippen molar-refractivity contribution < 1.29 is 9.53 Å². The van der Waals surface area contributed by atoms with Crippen LogP contribution in [0.25, 0.3) is 16.7 Å². The molecule has 2 aromatic heterocycles. The molecule has 1 amide bonds. The predicted molar refractivity (Wildman–Crippen MR) is 128 cm³/mol. The van der Waals surface area contributed by atoms with Gasteiger partial charge in [-0.25, -0.2) is 0 Å². The van der Waals surface area contributed by atoms with Crippen LogP contribution >= 0.6 is 15.9 Å². The topological polar surface area (TPSA) is 92.6 Å². The number of rotatable bonds is 4. The highest BCUT2D eigenvalue weighted by Crippen LogP contribution is 2.36. The summed E-state index contributed by atoms with van der Waals surface area (Å²) in [5, 5.41) is 8.50. The van der Waals surface area contributed by atoms with E-state index in [9.17, 15) is 9.59 Å². The molecule has 8 nitrogen and oxygen atoms in total. The highest BCUT2D eigenvalue weighted by atomic mass is 79.9. The molecule has 1 fully saturated rings. The number of carbonyl (C=O) groups is 1. The summed E-state index contributed by atoms with van der Waals surface area (Å²) in [6.07, 6.45) is 4.04. The molecule has 0 unspecified atom stereocenters. The molecule has 1 aliphatic carbocycles. The van der Waals surface area contributed by atoms with E-state index < -0.39 is 0 Å². The predicted octanol–water partition coefficient (Wildman–Crippen LogP) is 3.95. The summed E-state index contributed by atoms with van der Waals surface area (Å²) in [6.45, 7) is 0.890. The Balaban J connectivity index is 1.53. The van der Waals surface area contributed by atoms with Crippen molar-refractivity contribution in [3.05, 3.63) is 67.7 Å². The van der Waals surface area contributed by atoms with Gasteiger partial charge < -0.3 is 14.6 Å². The van der Waals surface area contributed by atoms with Crippen LogP contribution in [0.1, 0.15) is 52.5 Å². The lowest BCUT2D eigenvalue weighted by Gasteiger charge is -2.24. The number of amides is 1. The molecule has 1 saturated carbocycles. The zero-order valence-electron chi connectivity index (χ0n) is 18.1. The quantitative estimate of drug-likeness (QED) is 0.451. The van der Waals surface area contributed by atoms with E-state index in [1.807, 2.05) is 22.6 Å². The first-order valence-corrected chi connectivity index (χ1v) is 11.9. The maximum absolute atomic E-state index is 13.7. The Kier molecular flexibility index (Phi) is 4.84. The molecule has 0 radical (unpaired) electrons. The van der Waals surface area contributed by atoms with Gasteiger partial charge in [0.2, 0.25) is 5.65 Å². The van der Waals surface area contributed by atoms with Crippen molar-refractivity contribution in [3.63, 3.8) is 0 Å². The minimum absolute atomic E-state index is 0.103. The third-order valence-electron chi connectivity index (χ3n) is 6.78. The number of ether oxygens (including phenoxy) is 1. The van der Waals surface area contributed by atoms with E-state index in [2.05, 4.69) is 37.2 Å². The van der Waals surface area contributed by atoms with E-state index >= 15 is 0 Å². The molecule has 168 valence electrons. The van der Waals surface area contributed by atoms with Gasteiger partial charge in [0.1, 0.15) is 5.82 Å². The first kappa shape index (κ1) is 20.6. The smallest absolute Gasteiger partial charge is 0.294 e. The second-order valence-corrected chi connectivity index (χ2v) is 9.65. The van der Waals surface area contributed by atoms with Crippen molar-refractivity contribution in [2.24, 2.45) is 0 Å². The summed E-state index contributed by atoms with van der Waals surface area (Å²) in [4.78, 5) is 31.2. The van der Waals surface area contributed by atoms with E-state index in [4.69, 9.17) is 4.74 Å². The van der Waals surface area contributed by atoms with Crippen LogP contribution in [0.5, 0.6) is 0 Å². The number of aromatic nitrogens is 4. The second kappa shape index (κ2) is 7.78. The van der Waals surface area contributed by atoms with Gasteiger partial charge in [0.25, 0.3) is 11.5 Å². The maximum Gasteiger partial charge on any atom is 0.294 e. The highest BCUT2D eigenvalue weighted by molar-refractivity contribution is 9.10. The van der Waals surface area contributed by atoms with Crippen LogP contribution in [0.15, 0.2) is 39.6 Å². The summed E-state index contributed by atoms with van der Waals surface area (Å²) in [7, 11) is 1.61. The lowest BCUT2D eigenvalue weighted by Crippen LogP contribution is -2.30. The van der Waals surface area contributed by atoms with Crippen molar-refractivity contribution >= 4 is 44.2 Å². The number of benzene rings is 2. The fourth-order valence-corrected chi connectivity index (χ4v) is 5.32. The summed E-state index contributed by atoms with van der Waals surface area (Å²) < 4.78 is 8.31. The van der Waals surface area contributed by atoms with Gasteiger partial charge in [0.05, 0.1) is 17.6 Å². The first-order chi connectivity index (χ1) is 16.0. The minimum atomic E-state index is -0.310. The lowest BCUT2D eigenvalue weighted by molar-refractivity contribution is 0.0984. The number of methoxy groups -OCH3 is 1. The van der Waals surface area contributed by atoms with Crippen LogP contribution in [-0.2, 0) is 17.8 Å².